The third-order valence-electron chi connectivity index (χ3n) is 3.30. The van der Waals surface area contributed by atoms with Gasteiger partial charge in [-0.05, 0) is 35.6 Å². The number of nitrogens with zero attached hydrogens (tertiary/aromatic N) is 1. The van der Waals surface area contributed by atoms with Crippen LogP contribution in [-0.4, -0.2) is 11.5 Å². The molecule has 1 heterocycles. The highest BCUT2D eigenvalue weighted by molar-refractivity contribution is 5.91. The van der Waals surface area contributed by atoms with Gasteiger partial charge in [-0.1, -0.05) is 24.3 Å². The monoisotopic (exact) mass is 284 g/mol. The lowest BCUT2D eigenvalue weighted by molar-refractivity contribution is 0.580. The quantitative estimate of drug-likeness (QED) is 0.778. The van der Waals surface area contributed by atoms with E-state index in [-0.39, 0.29) is 0 Å². The van der Waals surface area contributed by atoms with Gasteiger partial charge in [0.25, 0.3) is 0 Å². The summed E-state index contributed by atoms with van der Waals surface area (Å²) in [5.74, 6) is -0.313. The van der Waals surface area contributed by atoms with E-state index in [0.717, 1.165) is 22.7 Å². The van der Waals surface area contributed by atoms with Crippen molar-refractivity contribution in [1.82, 2.24) is 4.98 Å². The molecule has 2 nitrogen and oxygen atoms in total. The van der Waals surface area contributed by atoms with Crippen molar-refractivity contribution in [3.8, 4) is 0 Å². The average molecular weight is 284 g/mol. The first kappa shape index (κ1) is 13.5. The highest BCUT2D eigenvalue weighted by Gasteiger charge is 2.03. The van der Waals surface area contributed by atoms with Gasteiger partial charge < -0.3 is 5.32 Å². The molecule has 0 atom stereocenters. The van der Waals surface area contributed by atoms with Gasteiger partial charge in [0.2, 0.25) is 0 Å². The van der Waals surface area contributed by atoms with Crippen molar-refractivity contribution < 1.29 is 8.78 Å². The van der Waals surface area contributed by atoms with Crippen LogP contribution < -0.4 is 5.32 Å². The number of halogens is 2. The molecule has 0 saturated heterocycles. The maximum absolute atomic E-state index is 13.1. The van der Waals surface area contributed by atoms with Crippen LogP contribution in [0.25, 0.3) is 10.8 Å². The highest BCUT2D eigenvalue weighted by atomic mass is 19.1. The summed E-state index contributed by atoms with van der Waals surface area (Å²) < 4.78 is 26.2. The molecule has 106 valence electrons. The number of rotatable bonds is 4. The van der Waals surface area contributed by atoms with Crippen LogP contribution in [0.4, 0.5) is 14.6 Å². The van der Waals surface area contributed by atoms with Crippen LogP contribution in [0.5, 0.6) is 0 Å². The van der Waals surface area contributed by atoms with Crippen LogP contribution in [0.3, 0.4) is 0 Å². The first-order valence-corrected chi connectivity index (χ1v) is 6.75. The van der Waals surface area contributed by atoms with Crippen molar-refractivity contribution in [2.75, 3.05) is 11.9 Å². The summed E-state index contributed by atoms with van der Waals surface area (Å²) in [5.41, 5.74) is 0.625. The molecule has 3 aromatic rings. The van der Waals surface area contributed by atoms with Gasteiger partial charge in [-0.3, -0.25) is 0 Å². The molecule has 0 aliphatic heterocycles. The Morgan fingerprint density at radius 3 is 2.52 bits per heavy atom. The predicted octanol–water partition coefficient (Wildman–Crippen LogP) is 4.17. The second kappa shape index (κ2) is 5.87. The lowest BCUT2D eigenvalue weighted by Crippen LogP contribution is -2.07. The molecule has 0 unspecified atom stereocenters. The summed E-state index contributed by atoms with van der Waals surface area (Å²) in [7, 11) is 0. The minimum absolute atomic E-state index is 0.527. The van der Waals surface area contributed by atoms with E-state index in [1.54, 1.807) is 6.20 Å². The fraction of sp³-hybridized carbons (Fsp3) is 0.118. The van der Waals surface area contributed by atoms with Gasteiger partial charge in [-0.15, -0.1) is 0 Å². The number of anilines is 1. The van der Waals surface area contributed by atoms with Crippen LogP contribution in [-0.2, 0) is 6.42 Å². The molecular weight excluding hydrogens is 270 g/mol. The van der Waals surface area contributed by atoms with Gasteiger partial charge in [-0.25, -0.2) is 13.8 Å². The summed E-state index contributed by atoms with van der Waals surface area (Å²) in [5, 5.41) is 5.36. The van der Waals surface area contributed by atoms with Gasteiger partial charge in [-0.2, -0.15) is 0 Å². The van der Waals surface area contributed by atoms with Crippen molar-refractivity contribution in [3.05, 3.63) is 71.9 Å². The zero-order valence-electron chi connectivity index (χ0n) is 11.3. The Kier molecular flexibility index (Phi) is 3.77. The standard InChI is InChI=1S/C17H14F2N2/c18-14-9-12(10-15(19)11-14)5-7-20-17-16-4-2-1-3-13(16)6-8-21-17/h1-4,6,8-11H,5,7H2,(H,20,21). The van der Waals surface area contributed by atoms with Crippen molar-refractivity contribution in [2.24, 2.45) is 0 Å². The summed E-state index contributed by atoms with van der Waals surface area (Å²) in [6.07, 6.45) is 2.27. The minimum Gasteiger partial charge on any atom is -0.369 e. The molecular formula is C17H14F2N2. The van der Waals surface area contributed by atoms with Crippen molar-refractivity contribution in [1.29, 1.82) is 0 Å². The Labute approximate surface area is 121 Å². The van der Waals surface area contributed by atoms with Gasteiger partial charge >= 0.3 is 0 Å². The molecule has 0 fully saturated rings. The zero-order valence-corrected chi connectivity index (χ0v) is 11.3. The van der Waals surface area contributed by atoms with E-state index < -0.39 is 11.6 Å². The average Bonchev–Trinajstić information content (AvgIpc) is 2.46. The molecule has 1 N–H and O–H groups in total. The van der Waals surface area contributed by atoms with Gasteiger partial charge in [0.15, 0.2) is 0 Å². The molecule has 3 rings (SSSR count). The van der Waals surface area contributed by atoms with E-state index >= 15 is 0 Å². The van der Waals surface area contributed by atoms with E-state index in [4.69, 9.17) is 0 Å². The Morgan fingerprint density at radius 1 is 0.952 bits per heavy atom. The second-order valence-corrected chi connectivity index (χ2v) is 4.84. The molecule has 0 aliphatic carbocycles. The van der Waals surface area contributed by atoms with E-state index in [1.807, 2.05) is 30.3 Å². The largest absolute Gasteiger partial charge is 0.369 e. The number of hydrogen-bond acceptors (Lipinski definition) is 2. The van der Waals surface area contributed by atoms with Crippen molar-refractivity contribution in [3.63, 3.8) is 0 Å². The van der Waals surface area contributed by atoms with Gasteiger partial charge in [0.1, 0.15) is 17.5 Å². The van der Waals surface area contributed by atoms with Crippen LogP contribution in [0.1, 0.15) is 5.56 Å². The number of benzene rings is 2. The fourth-order valence-corrected chi connectivity index (χ4v) is 2.34. The normalized spacial score (nSPS) is 10.8. The van der Waals surface area contributed by atoms with Gasteiger partial charge in [0, 0.05) is 24.2 Å². The van der Waals surface area contributed by atoms with E-state index in [9.17, 15) is 8.78 Å². The minimum atomic E-state index is -0.548. The van der Waals surface area contributed by atoms with Crippen molar-refractivity contribution >= 4 is 16.6 Å². The summed E-state index contributed by atoms with van der Waals surface area (Å²) in [4.78, 5) is 4.31. The summed E-state index contributed by atoms with van der Waals surface area (Å²) in [6.45, 7) is 0.559. The number of fused-ring (bicyclic) bond motifs is 1. The fourth-order valence-electron chi connectivity index (χ4n) is 2.34. The van der Waals surface area contributed by atoms with E-state index in [1.165, 1.54) is 12.1 Å². The van der Waals surface area contributed by atoms with E-state index in [2.05, 4.69) is 10.3 Å². The lowest BCUT2D eigenvalue weighted by Gasteiger charge is -2.09. The van der Waals surface area contributed by atoms with Gasteiger partial charge in [0.05, 0.1) is 0 Å². The van der Waals surface area contributed by atoms with Crippen LogP contribution >= 0.6 is 0 Å². The first-order chi connectivity index (χ1) is 10.2. The Bertz CT molecular complexity index is 746. The molecule has 4 heteroatoms. The first-order valence-electron chi connectivity index (χ1n) is 6.75. The zero-order chi connectivity index (χ0) is 14.7. The Balaban J connectivity index is 1.72. The molecule has 0 amide bonds. The number of pyridine rings is 1. The number of hydrogen-bond donors (Lipinski definition) is 1. The van der Waals surface area contributed by atoms with Crippen LogP contribution in [0.15, 0.2) is 54.7 Å². The SMILES string of the molecule is Fc1cc(F)cc(CCNc2nccc3ccccc23)c1. The molecule has 0 radical (unpaired) electrons. The number of aromatic nitrogens is 1. The van der Waals surface area contributed by atoms with E-state index in [0.29, 0.717) is 18.5 Å². The molecule has 0 spiro atoms. The summed E-state index contributed by atoms with van der Waals surface area (Å²) >= 11 is 0. The Hall–Kier alpha value is -2.49. The molecule has 0 aliphatic rings. The molecule has 2 aromatic carbocycles. The third kappa shape index (κ3) is 3.16. The maximum atomic E-state index is 13.1. The Morgan fingerprint density at radius 2 is 1.71 bits per heavy atom. The third-order valence-corrected chi connectivity index (χ3v) is 3.30. The highest BCUT2D eigenvalue weighted by Crippen LogP contribution is 2.20. The molecule has 21 heavy (non-hydrogen) atoms. The van der Waals surface area contributed by atoms with Crippen LogP contribution in [0.2, 0.25) is 0 Å². The predicted molar refractivity (Wildman–Crippen MR) is 80.3 cm³/mol. The summed E-state index contributed by atoms with van der Waals surface area (Å²) in [6, 6.07) is 13.5. The molecule has 0 bridgehead atoms. The van der Waals surface area contributed by atoms with Crippen molar-refractivity contribution in [2.45, 2.75) is 6.42 Å². The number of nitrogens with one attached hydrogen (secondary N) is 1. The van der Waals surface area contributed by atoms with Crippen LogP contribution in [0, 0.1) is 11.6 Å². The lowest BCUT2D eigenvalue weighted by atomic mass is 10.1. The molecule has 1 aromatic heterocycles. The molecule has 0 saturated carbocycles. The smallest absolute Gasteiger partial charge is 0.133 e. The maximum Gasteiger partial charge on any atom is 0.133 e. The topological polar surface area (TPSA) is 24.9 Å². The second-order valence-electron chi connectivity index (χ2n) is 4.84.